The Balaban J connectivity index is 4.44. The van der Waals surface area contributed by atoms with Gasteiger partial charge in [0.05, 0.1) is 13.2 Å². The molecule has 3 unspecified atom stereocenters. The highest BCUT2D eigenvalue weighted by Gasteiger charge is 2.28. The number of hydrogen-bond donors (Lipinski definition) is 3. The van der Waals surface area contributed by atoms with Crippen molar-refractivity contribution in [1.82, 2.24) is 0 Å². The molecular formula is C36H68NO10P. The van der Waals surface area contributed by atoms with Crippen LogP contribution in [0.4, 0.5) is 0 Å². The normalized spacial score (nSPS) is 14.1. The maximum absolute atomic E-state index is 12.5. The molecule has 0 heterocycles. The standard InChI is InChI=1S/C36H68NO10P/c1-3-5-7-9-11-13-15-16-18-19-21-23-25-27-34(38)44-29-32(30-45-48(42,43)46-31-33(37)36(40)41)47-35(39)28-26-24-22-20-17-14-12-10-8-6-4-2/h10,12,32-33H,3-9,11,13-31,37H2,1-2H3,(H,40,41)(H,42,43). The minimum Gasteiger partial charge on any atom is -0.480 e. The van der Waals surface area contributed by atoms with E-state index in [1.807, 2.05) is 0 Å². The summed E-state index contributed by atoms with van der Waals surface area (Å²) in [6.45, 7) is 2.73. The first-order chi connectivity index (χ1) is 23.1. The van der Waals surface area contributed by atoms with E-state index < -0.39 is 51.1 Å². The average molecular weight is 706 g/mol. The van der Waals surface area contributed by atoms with Gasteiger partial charge < -0.3 is 25.2 Å². The third-order valence-electron chi connectivity index (χ3n) is 8.01. The molecule has 0 fully saturated rings. The minimum atomic E-state index is -4.70. The summed E-state index contributed by atoms with van der Waals surface area (Å²) in [6, 6.07) is -1.52. The van der Waals surface area contributed by atoms with E-state index in [0.29, 0.717) is 12.8 Å². The van der Waals surface area contributed by atoms with Crippen molar-refractivity contribution in [2.24, 2.45) is 5.73 Å². The molecule has 0 aromatic rings. The molecule has 0 bridgehead atoms. The summed E-state index contributed by atoms with van der Waals surface area (Å²) >= 11 is 0. The van der Waals surface area contributed by atoms with Crippen LogP contribution < -0.4 is 5.73 Å². The van der Waals surface area contributed by atoms with Crippen LogP contribution in [0.5, 0.6) is 0 Å². The number of carbonyl (C=O) groups is 3. The average Bonchev–Trinajstić information content (AvgIpc) is 3.05. The quantitative estimate of drug-likeness (QED) is 0.0249. The molecule has 0 radical (unpaired) electrons. The molecule has 48 heavy (non-hydrogen) atoms. The van der Waals surface area contributed by atoms with Gasteiger partial charge in [-0.05, 0) is 32.1 Å². The lowest BCUT2D eigenvalue weighted by molar-refractivity contribution is -0.161. The highest BCUT2D eigenvalue weighted by molar-refractivity contribution is 7.47. The zero-order valence-corrected chi connectivity index (χ0v) is 31.0. The van der Waals surface area contributed by atoms with E-state index in [1.54, 1.807) is 0 Å². The molecular weight excluding hydrogens is 637 g/mol. The second-order valence-corrected chi connectivity index (χ2v) is 14.2. The van der Waals surface area contributed by atoms with Crippen molar-refractivity contribution in [3.8, 4) is 0 Å². The largest absolute Gasteiger partial charge is 0.480 e. The molecule has 0 aromatic carbocycles. The van der Waals surface area contributed by atoms with E-state index in [2.05, 4.69) is 30.5 Å². The van der Waals surface area contributed by atoms with Crippen LogP contribution in [0.3, 0.4) is 0 Å². The van der Waals surface area contributed by atoms with Gasteiger partial charge in [0.25, 0.3) is 0 Å². The van der Waals surface area contributed by atoms with E-state index in [1.165, 1.54) is 70.6 Å². The lowest BCUT2D eigenvalue weighted by Crippen LogP contribution is -2.34. The van der Waals surface area contributed by atoms with Gasteiger partial charge in [-0.1, -0.05) is 135 Å². The molecule has 4 N–H and O–H groups in total. The number of hydrogen-bond acceptors (Lipinski definition) is 9. The van der Waals surface area contributed by atoms with E-state index >= 15 is 0 Å². The molecule has 0 saturated carbocycles. The third kappa shape index (κ3) is 31.5. The fourth-order valence-electron chi connectivity index (χ4n) is 4.99. The molecule has 0 aliphatic rings. The van der Waals surface area contributed by atoms with Gasteiger partial charge in [-0.25, -0.2) is 4.57 Å². The summed E-state index contributed by atoms with van der Waals surface area (Å²) in [6.07, 6.45) is 28.6. The predicted molar refractivity (Wildman–Crippen MR) is 189 cm³/mol. The first kappa shape index (κ1) is 46.2. The van der Waals surface area contributed by atoms with E-state index in [-0.39, 0.29) is 19.4 Å². The first-order valence-electron chi connectivity index (χ1n) is 18.7. The summed E-state index contributed by atoms with van der Waals surface area (Å²) in [5.41, 5.74) is 5.31. The van der Waals surface area contributed by atoms with Gasteiger partial charge in [0.15, 0.2) is 6.10 Å². The van der Waals surface area contributed by atoms with E-state index in [9.17, 15) is 23.8 Å². The molecule has 0 spiro atoms. The third-order valence-corrected chi connectivity index (χ3v) is 8.96. The Morgan fingerprint density at radius 3 is 1.58 bits per heavy atom. The van der Waals surface area contributed by atoms with Crippen LogP contribution in [0, 0.1) is 0 Å². The van der Waals surface area contributed by atoms with Crippen LogP contribution in [0.25, 0.3) is 0 Å². The summed E-state index contributed by atoms with van der Waals surface area (Å²) in [5.74, 6) is -2.39. The van der Waals surface area contributed by atoms with Crippen LogP contribution in [0.1, 0.15) is 168 Å². The van der Waals surface area contributed by atoms with Gasteiger partial charge >= 0.3 is 25.7 Å². The Morgan fingerprint density at radius 1 is 0.625 bits per heavy atom. The molecule has 0 aliphatic heterocycles. The number of carboxylic acids is 1. The number of phosphoric acid groups is 1. The summed E-state index contributed by atoms with van der Waals surface area (Å²) in [5, 5.41) is 8.84. The van der Waals surface area contributed by atoms with Gasteiger partial charge in [0.2, 0.25) is 0 Å². The predicted octanol–water partition coefficient (Wildman–Crippen LogP) is 8.95. The maximum atomic E-state index is 12.5. The number of unbranched alkanes of at least 4 members (excludes halogenated alkanes) is 19. The van der Waals surface area contributed by atoms with Crippen molar-refractivity contribution in [2.45, 2.75) is 180 Å². The summed E-state index contributed by atoms with van der Waals surface area (Å²) in [7, 11) is -4.70. The molecule has 0 saturated heterocycles. The number of esters is 2. The number of ether oxygens (including phenoxy) is 2. The van der Waals surface area contributed by atoms with Crippen LogP contribution >= 0.6 is 7.82 Å². The molecule has 3 atom stereocenters. The topological polar surface area (TPSA) is 172 Å². The van der Waals surface area contributed by atoms with Crippen molar-refractivity contribution in [1.29, 1.82) is 0 Å². The van der Waals surface area contributed by atoms with Crippen LogP contribution in [-0.4, -0.2) is 59.9 Å². The van der Waals surface area contributed by atoms with Gasteiger partial charge in [-0.2, -0.15) is 0 Å². The fraction of sp³-hybridized carbons (Fsp3) is 0.861. The lowest BCUT2D eigenvalue weighted by atomic mass is 10.0. The zero-order valence-electron chi connectivity index (χ0n) is 30.1. The molecule has 0 aromatic heterocycles. The van der Waals surface area contributed by atoms with Crippen LogP contribution in [0.15, 0.2) is 12.2 Å². The van der Waals surface area contributed by atoms with E-state index in [4.69, 9.17) is 24.8 Å². The van der Waals surface area contributed by atoms with Crippen molar-refractivity contribution in [3.63, 3.8) is 0 Å². The second kappa shape index (κ2) is 32.4. The Bertz CT molecular complexity index is 885. The van der Waals surface area contributed by atoms with Gasteiger partial charge in [-0.3, -0.25) is 23.4 Å². The van der Waals surface area contributed by atoms with Crippen LogP contribution in [0.2, 0.25) is 0 Å². The molecule has 12 heteroatoms. The molecule has 282 valence electrons. The Labute approximate surface area is 290 Å². The Kier molecular flexibility index (Phi) is 31.2. The number of aliphatic carboxylic acids is 1. The maximum Gasteiger partial charge on any atom is 0.472 e. The number of allylic oxidation sites excluding steroid dienone is 2. The number of phosphoric ester groups is 1. The van der Waals surface area contributed by atoms with Crippen molar-refractivity contribution >= 4 is 25.7 Å². The molecule has 0 rings (SSSR count). The van der Waals surface area contributed by atoms with E-state index in [0.717, 1.165) is 57.8 Å². The van der Waals surface area contributed by atoms with Crippen molar-refractivity contribution in [2.75, 3.05) is 19.8 Å². The first-order valence-corrected chi connectivity index (χ1v) is 20.2. The van der Waals surface area contributed by atoms with Crippen LogP contribution in [-0.2, 0) is 37.5 Å². The number of carboxylic acid groups (broad SMARTS) is 1. The Hall–Kier alpha value is -1.78. The van der Waals surface area contributed by atoms with Gasteiger partial charge in [-0.15, -0.1) is 0 Å². The fourth-order valence-corrected chi connectivity index (χ4v) is 5.76. The summed E-state index contributed by atoms with van der Waals surface area (Å²) < 4.78 is 32.5. The molecule has 0 aliphatic carbocycles. The number of carbonyl (C=O) groups excluding carboxylic acids is 2. The SMILES string of the molecule is CCCCC=CCCCCCCCC(=O)OC(COC(=O)CCCCCCCCCCCCCCC)COP(=O)(O)OCC(N)C(=O)O. The Morgan fingerprint density at radius 2 is 1.06 bits per heavy atom. The minimum absolute atomic E-state index is 0.154. The second-order valence-electron chi connectivity index (χ2n) is 12.7. The van der Waals surface area contributed by atoms with Crippen molar-refractivity contribution in [3.05, 3.63) is 12.2 Å². The van der Waals surface area contributed by atoms with Gasteiger partial charge in [0.1, 0.15) is 12.6 Å². The highest BCUT2D eigenvalue weighted by Crippen LogP contribution is 2.43. The van der Waals surface area contributed by atoms with Gasteiger partial charge in [0, 0.05) is 12.8 Å². The zero-order chi connectivity index (χ0) is 35.7. The number of nitrogens with two attached hydrogens (primary N) is 1. The smallest absolute Gasteiger partial charge is 0.472 e. The monoisotopic (exact) mass is 705 g/mol. The number of rotatable bonds is 35. The highest BCUT2D eigenvalue weighted by atomic mass is 31.2. The summed E-state index contributed by atoms with van der Waals surface area (Å²) in [4.78, 5) is 45.6. The molecule has 0 amide bonds. The molecule has 11 nitrogen and oxygen atoms in total. The lowest BCUT2D eigenvalue weighted by Gasteiger charge is -2.20. The van der Waals surface area contributed by atoms with Crippen molar-refractivity contribution < 1.29 is 47.5 Å².